The Bertz CT molecular complexity index is 1830. The number of aromatic carboxylic acids is 1. The number of hydrogen-bond acceptors (Lipinski definition) is 8. The predicted octanol–water partition coefficient (Wildman–Crippen LogP) is 4.59. The summed E-state index contributed by atoms with van der Waals surface area (Å²) in [5.41, 5.74) is 6.81. The molecule has 4 heterocycles. The van der Waals surface area contributed by atoms with E-state index in [1.165, 1.54) is 34.9 Å². The number of imidazole rings is 1. The summed E-state index contributed by atoms with van der Waals surface area (Å²) >= 11 is 1.20. The van der Waals surface area contributed by atoms with Crippen molar-refractivity contribution in [2.45, 2.75) is 32.1 Å². The first-order chi connectivity index (χ1) is 20.2. The van der Waals surface area contributed by atoms with E-state index in [2.05, 4.69) is 15.0 Å². The Hall–Kier alpha value is -4.75. The van der Waals surface area contributed by atoms with Gasteiger partial charge in [-0.05, 0) is 48.4 Å². The zero-order valence-electron chi connectivity index (χ0n) is 21.9. The van der Waals surface area contributed by atoms with Gasteiger partial charge in [0.2, 0.25) is 5.88 Å². The molecule has 0 aliphatic carbocycles. The van der Waals surface area contributed by atoms with Crippen molar-refractivity contribution in [2.24, 2.45) is 5.73 Å². The van der Waals surface area contributed by atoms with Gasteiger partial charge in [0.1, 0.15) is 34.8 Å². The van der Waals surface area contributed by atoms with Crippen molar-refractivity contribution in [2.75, 3.05) is 6.61 Å². The molecule has 0 bridgehead atoms. The summed E-state index contributed by atoms with van der Waals surface area (Å²) < 4.78 is 43.8. The van der Waals surface area contributed by atoms with Crippen LogP contribution in [-0.2, 0) is 24.3 Å². The van der Waals surface area contributed by atoms with Crippen LogP contribution >= 0.6 is 11.3 Å². The van der Waals surface area contributed by atoms with E-state index in [1.807, 2.05) is 4.57 Å². The molecule has 3 N–H and O–H groups in total. The summed E-state index contributed by atoms with van der Waals surface area (Å²) in [5.74, 6) is -2.41. The summed E-state index contributed by atoms with van der Waals surface area (Å²) in [4.78, 5) is 35.8. The van der Waals surface area contributed by atoms with Gasteiger partial charge in [-0.1, -0.05) is 6.07 Å². The molecule has 6 rings (SSSR count). The maximum atomic E-state index is 15.4. The van der Waals surface area contributed by atoms with Crippen molar-refractivity contribution in [3.8, 4) is 17.1 Å². The predicted molar refractivity (Wildman–Crippen MR) is 148 cm³/mol. The van der Waals surface area contributed by atoms with Crippen molar-refractivity contribution in [1.82, 2.24) is 19.5 Å². The van der Waals surface area contributed by atoms with Gasteiger partial charge < -0.3 is 24.9 Å². The molecule has 1 aliphatic rings. The standard InChI is InChI=1S/C29H23F2N5O5S/c30-19-11-18(21-2-1-3-26(34-21)41-13-27-35-23(14-42-27)28(32)37)20(31)8-16(19)10-25-33-22-5-4-15(29(38)39)9-24(22)36(25)12-17-6-7-40-17/h1-5,8-9,11,14,17H,6-7,10,12-13H2,(H2,32,37)(H,38,39). The molecule has 42 heavy (non-hydrogen) atoms. The Morgan fingerprint density at radius 3 is 2.67 bits per heavy atom. The number of pyridine rings is 1. The molecule has 0 saturated carbocycles. The lowest BCUT2D eigenvalue weighted by Crippen LogP contribution is -2.31. The van der Waals surface area contributed by atoms with E-state index in [4.69, 9.17) is 15.2 Å². The average molecular weight is 592 g/mol. The number of amides is 1. The quantitative estimate of drug-likeness (QED) is 0.240. The van der Waals surface area contributed by atoms with Crippen molar-refractivity contribution in [3.05, 3.63) is 93.2 Å². The van der Waals surface area contributed by atoms with Crippen LogP contribution < -0.4 is 10.5 Å². The molecule has 1 atom stereocenters. The van der Waals surface area contributed by atoms with Gasteiger partial charge in [-0.15, -0.1) is 11.3 Å². The summed E-state index contributed by atoms with van der Waals surface area (Å²) in [6.45, 7) is 1.07. The zero-order valence-corrected chi connectivity index (χ0v) is 22.7. The highest BCUT2D eigenvalue weighted by molar-refractivity contribution is 7.09. The van der Waals surface area contributed by atoms with Gasteiger partial charge in [-0.2, -0.15) is 0 Å². The lowest BCUT2D eigenvalue weighted by molar-refractivity contribution is -0.0589. The highest BCUT2D eigenvalue weighted by Crippen LogP contribution is 2.29. The molecule has 1 fully saturated rings. The van der Waals surface area contributed by atoms with Crippen LogP contribution in [0.4, 0.5) is 8.78 Å². The number of thiazole rings is 1. The van der Waals surface area contributed by atoms with Gasteiger partial charge in [-0.25, -0.2) is 28.5 Å². The Labute approximate surface area is 241 Å². The van der Waals surface area contributed by atoms with E-state index in [-0.39, 0.29) is 53.1 Å². The maximum absolute atomic E-state index is 15.4. The second-order valence-electron chi connectivity index (χ2n) is 9.67. The van der Waals surface area contributed by atoms with Crippen LogP contribution in [-0.4, -0.2) is 49.2 Å². The van der Waals surface area contributed by atoms with Gasteiger partial charge in [0.15, 0.2) is 0 Å². The lowest BCUT2D eigenvalue weighted by Gasteiger charge is -2.27. The Kier molecular flexibility index (Phi) is 7.35. The van der Waals surface area contributed by atoms with Crippen LogP contribution in [0.5, 0.6) is 5.88 Å². The number of primary amides is 1. The number of fused-ring (bicyclic) bond motifs is 1. The first-order valence-corrected chi connectivity index (χ1v) is 13.8. The van der Waals surface area contributed by atoms with Gasteiger partial charge >= 0.3 is 5.97 Å². The van der Waals surface area contributed by atoms with Gasteiger partial charge in [0.05, 0.1) is 34.9 Å². The van der Waals surface area contributed by atoms with Crippen LogP contribution in [0.2, 0.25) is 0 Å². The van der Waals surface area contributed by atoms with Crippen LogP contribution in [0, 0.1) is 11.6 Å². The molecule has 10 nitrogen and oxygen atoms in total. The van der Waals surface area contributed by atoms with Gasteiger partial charge in [0, 0.05) is 30.0 Å². The summed E-state index contributed by atoms with van der Waals surface area (Å²) in [6, 6.07) is 11.5. The average Bonchev–Trinajstić information content (AvgIpc) is 3.56. The molecule has 0 radical (unpaired) electrons. The minimum Gasteiger partial charge on any atom is -0.478 e. The molecule has 2 aromatic carbocycles. The van der Waals surface area contributed by atoms with Crippen molar-refractivity contribution in [1.29, 1.82) is 0 Å². The Morgan fingerprint density at radius 1 is 1.12 bits per heavy atom. The summed E-state index contributed by atoms with van der Waals surface area (Å²) in [7, 11) is 0. The molecule has 1 unspecified atom stereocenters. The largest absolute Gasteiger partial charge is 0.478 e. The number of carboxylic acids is 1. The summed E-state index contributed by atoms with van der Waals surface area (Å²) in [5, 5.41) is 11.5. The number of carboxylic acid groups (broad SMARTS) is 1. The van der Waals surface area contributed by atoms with Crippen molar-refractivity contribution in [3.63, 3.8) is 0 Å². The van der Waals surface area contributed by atoms with Crippen LogP contribution in [0.25, 0.3) is 22.3 Å². The SMILES string of the molecule is NC(=O)c1csc(COc2cccc(-c3cc(F)c(Cc4nc5ccc(C(=O)O)cc5n4CC4CCO4)cc3F)n2)n1. The third-order valence-corrected chi connectivity index (χ3v) is 7.71. The number of ether oxygens (including phenoxy) is 2. The van der Waals surface area contributed by atoms with Crippen molar-refractivity contribution >= 4 is 34.2 Å². The maximum Gasteiger partial charge on any atom is 0.335 e. The van der Waals surface area contributed by atoms with Gasteiger partial charge in [-0.3, -0.25) is 4.79 Å². The Morgan fingerprint density at radius 2 is 1.95 bits per heavy atom. The molecule has 3 aromatic heterocycles. The third-order valence-electron chi connectivity index (χ3n) is 6.89. The van der Waals surface area contributed by atoms with E-state index in [9.17, 15) is 14.7 Å². The number of aromatic nitrogens is 4. The fraction of sp³-hybridized carbons (Fsp3) is 0.207. The topological polar surface area (TPSA) is 142 Å². The Balaban J connectivity index is 1.26. The van der Waals surface area contributed by atoms with Crippen LogP contribution in [0.1, 0.15) is 43.7 Å². The van der Waals surface area contributed by atoms with Crippen molar-refractivity contribution < 1.29 is 33.0 Å². The monoisotopic (exact) mass is 591 g/mol. The van der Waals surface area contributed by atoms with E-state index in [1.54, 1.807) is 18.2 Å². The van der Waals surface area contributed by atoms with E-state index < -0.39 is 23.5 Å². The smallest absolute Gasteiger partial charge is 0.335 e. The van der Waals surface area contributed by atoms with Gasteiger partial charge in [0.25, 0.3) is 5.91 Å². The van der Waals surface area contributed by atoms with Crippen LogP contribution in [0.3, 0.4) is 0 Å². The minimum atomic E-state index is -1.07. The summed E-state index contributed by atoms with van der Waals surface area (Å²) in [6.07, 6.45) is 0.744. The van der Waals surface area contributed by atoms with E-state index in [0.717, 1.165) is 18.6 Å². The molecule has 214 valence electrons. The number of rotatable bonds is 10. The fourth-order valence-corrected chi connectivity index (χ4v) is 5.33. The lowest BCUT2D eigenvalue weighted by atomic mass is 10.0. The molecule has 1 amide bonds. The first-order valence-electron chi connectivity index (χ1n) is 12.9. The number of hydrogen-bond donors (Lipinski definition) is 2. The first kappa shape index (κ1) is 27.4. The number of carbonyl (C=O) groups excluding carboxylic acids is 1. The highest BCUT2D eigenvalue weighted by atomic mass is 32.1. The minimum absolute atomic E-state index is 0.0189. The number of nitrogens with zero attached hydrogens (tertiary/aromatic N) is 4. The van der Waals surface area contributed by atoms with Crippen LogP contribution in [0.15, 0.2) is 53.9 Å². The molecule has 1 saturated heterocycles. The molecular weight excluding hydrogens is 568 g/mol. The van der Waals surface area contributed by atoms with E-state index >= 15 is 8.78 Å². The number of benzene rings is 2. The number of carbonyl (C=O) groups is 2. The highest BCUT2D eigenvalue weighted by Gasteiger charge is 2.24. The molecule has 0 spiro atoms. The molecule has 13 heteroatoms. The molecule has 1 aliphatic heterocycles. The fourth-order valence-electron chi connectivity index (χ4n) is 4.64. The van der Waals surface area contributed by atoms with E-state index in [0.29, 0.717) is 35.0 Å². The second kappa shape index (κ2) is 11.3. The normalized spacial score (nSPS) is 14.6. The molecule has 5 aromatic rings. The zero-order chi connectivity index (χ0) is 29.4. The number of halogens is 2. The third kappa shape index (κ3) is 5.56. The number of nitrogens with two attached hydrogens (primary N) is 1. The molecular formula is C29H23F2N5O5S. The second-order valence-corrected chi connectivity index (χ2v) is 10.6.